The van der Waals surface area contributed by atoms with Gasteiger partial charge in [-0.1, -0.05) is 24.3 Å². The Hall–Kier alpha value is -5.21. The minimum Gasteiger partial charge on any atom is -0.480 e. The lowest BCUT2D eigenvalue weighted by Crippen LogP contribution is -2.37. The molecule has 0 saturated carbocycles. The number of imide groups is 1. The molecule has 0 aliphatic carbocycles. The van der Waals surface area contributed by atoms with Crippen molar-refractivity contribution in [2.75, 3.05) is 18.5 Å². The average molecular weight is 604 g/mol. The molecule has 0 unspecified atom stereocenters. The fourth-order valence-electron chi connectivity index (χ4n) is 4.42. The van der Waals surface area contributed by atoms with Gasteiger partial charge in [-0.25, -0.2) is 36.4 Å². The zero-order valence-corrected chi connectivity index (χ0v) is 22.1. The second-order valence-corrected chi connectivity index (χ2v) is 9.17. The predicted octanol–water partition coefficient (Wildman–Crippen LogP) is 4.44. The van der Waals surface area contributed by atoms with Gasteiger partial charge < -0.3 is 15.2 Å². The van der Waals surface area contributed by atoms with Crippen LogP contribution in [-0.2, 0) is 14.3 Å². The van der Waals surface area contributed by atoms with Crippen LogP contribution in [0.3, 0.4) is 0 Å². The molecule has 224 valence electrons. The number of amides is 3. The first kappa shape index (κ1) is 30.7. The second-order valence-electron chi connectivity index (χ2n) is 9.17. The summed E-state index contributed by atoms with van der Waals surface area (Å²) in [6.07, 6.45) is -0.947. The highest BCUT2D eigenvalue weighted by molar-refractivity contribution is 6.10. The second kappa shape index (κ2) is 12.8. The number of pyridine rings is 1. The minimum atomic E-state index is -2.49. The summed E-state index contributed by atoms with van der Waals surface area (Å²) in [4.78, 5) is 58.4. The summed E-state index contributed by atoms with van der Waals surface area (Å²) < 4.78 is 76.9. The minimum absolute atomic E-state index is 0.0423. The van der Waals surface area contributed by atoms with Gasteiger partial charge in [-0.2, -0.15) is 0 Å². The number of rotatable bonds is 9. The number of benzene rings is 2. The maximum atomic E-state index is 15.0. The molecule has 1 saturated heterocycles. The van der Waals surface area contributed by atoms with Crippen LogP contribution in [0.1, 0.15) is 40.9 Å². The van der Waals surface area contributed by atoms with Crippen LogP contribution in [-0.4, -0.2) is 63.8 Å². The van der Waals surface area contributed by atoms with Gasteiger partial charge in [0.1, 0.15) is 12.3 Å². The Kier molecular flexibility index (Phi) is 9.12. The fraction of sp³-hybridized carbons (Fsp3) is 0.214. The van der Waals surface area contributed by atoms with Crippen LogP contribution in [0.25, 0.3) is 0 Å². The molecule has 1 aromatic heterocycles. The van der Waals surface area contributed by atoms with Crippen LogP contribution in [0.15, 0.2) is 53.7 Å². The number of ether oxygens (including phenoxy) is 1. The monoisotopic (exact) mass is 604 g/mol. The standard InChI is InChI=1S/C28H21F5N4O6/c1-13(14-6-2-3-7-16(14)36-26(39)17-8-4-5-9-34-17)35-25(27(40)41)15(12-18(38)37-10-11-43-28(37)42)19-20(29)22(31)24(33)23(32)21(19)30/h2-9,15,25H,10-12H2,1H3,(H,36,39)(H,40,41)/t15-,25+/m0/s1. The van der Waals surface area contributed by atoms with Crippen molar-refractivity contribution in [1.29, 1.82) is 0 Å². The van der Waals surface area contributed by atoms with E-state index in [1.807, 2.05) is 0 Å². The summed E-state index contributed by atoms with van der Waals surface area (Å²) >= 11 is 0. The number of carboxylic acid groups (broad SMARTS) is 1. The molecule has 0 bridgehead atoms. The predicted molar refractivity (Wildman–Crippen MR) is 139 cm³/mol. The van der Waals surface area contributed by atoms with Crippen molar-refractivity contribution >= 4 is 35.3 Å². The van der Waals surface area contributed by atoms with E-state index in [0.29, 0.717) is 4.90 Å². The molecule has 1 aliphatic heterocycles. The summed E-state index contributed by atoms with van der Waals surface area (Å²) in [6.45, 7) is 0.764. The molecule has 1 fully saturated rings. The molecule has 15 heteroatoms. The Balaban J connectivity index is 1.80. The van der Waals surface area contributed by atoms with Gasteiger partial charge in [0.2, 0.25) is 11.7 Å². The van der Waals surface area contributed by atoms with Crippen molar-refractivity contribution in [2.24, 2.45) is 4.99 Å². The largest absolute Gasteiger partial charge is 0.480 e. The molecule has 3 aromatic rings. The van der Waals surface area contributed by atoms with E-state index in [-0.39, 0.29) is 35.8 Å². The van der Waals surface area contributed by atoms with Crippen LogP contribution in [0.4, 0.5) is 32.4 Å². The quantitative estimate of drug-likeness (QED) is 0.159. The number of para-hydroxylation sites is 1. The van der Waals surface area contributed by atoms with Gasteiger partial charge in [0.05, 0.1) is 12.2 Å². The topological polar surface area (TPSA) is 138 Å². The molecule has 3 amide bonds. The van der Waals surface area contributed by atoms with Crippen molar-refractivity contribution < 1.29 is 51.0 Å². The highest BCUT2D eigenvalue weighted by Gasteiger charge is 2.41. The first-order valence-corrected chi connectivity index (χ1v) is 12.5. The average Bonchev–Trinajstić information content (AvgIpc) is 3.43. The molecule has 2 heterocycles. The Morgan fingerprint density at radius 2 is 1.63 bits per heavy atom. The van der Waals surface area contributed by atoms with Crippen molar-refractivity contribution in [1.82, 2.24) is 9.88 Å². The van der Waals surface area contributed by atoms with E-state index in [9.17, 15) is 46.2 Å². The SMILES string of the molecule is CC(=N[C@@H](C(=O)O)[C@@H](CC(=O)N1CCOC1=O)c1c(F)c(F)c(F)c(F)c1F)c1ccccc1NC(=O)c1ccccn1. The lowest BCUT2D eigenvalue weighted by atomic mass is 9.86. The number of aliphatic imine (C=N–C) groups is 1. The molecule has 2 aromatic carbocycles. The Labute approximate surface area is 239 Å². The van der Waals surface area contributed by atoms with E-state index in [0.717, 1.165) is 0 Å². The first-order chi connectivity index (χ1) is 20.4. The smallest absolute Gasteiger partial charge is 0.416 e. The zero-order valence-electron chi connectivity index (χ0n) is 22.1. The number of cyclic esters (lactones) is 1. The number of carbonyl (C=O) groups excluding carboxylic acids is 3. The number of halogens is 5. The number of nitrogens with one attached hydrogen (secondary N) is 1. The van der Waals surface area contributed by atoms with E-state index in [1.54, 1.807) is 12.1 Å². The van der Waals surface area contributed by atoms with Crippen molar-refractivity contribution in [2.45, 2.75) is 25.3 Å². The van der Waals surface area contributed by atoms with Gasteiger partial charge in [-0.05, 0) is 25.1 Å². The molecular formula is C28H21F5N4O6. The number of hydrogen-bond acceptors (Lipinski definition) is 7. The van der Waals surface area contributed by atoms with Crippen molar-refractivity contribution in [3.63, 3.8) is 0 Å². The Morgan fingerprint density at radius 1 is 1.00 bits per heavy atom. The Morgan fingerprint density at radius 3 is 2.21 bits per heavy atom. The molecule has 2 N–H and O–H groups in total. The molecule has 1 aliphatic rings. The van der Waals surface area contributed by atoms with Crippen molar-refractivity contribution in [3.05, 3.63) is 94.6 Å². The molecule has 0 spiro atoms. The summed E-state index contributed by atoms with van der Waals surface area (Å²) in [6, 6.07) is 8.18. The number of nitrogens with zero attached hydrogens (tertiary/aromatic N) is 3. The van der Waals surface area contributed by atoms with Crippen LogP contribution in [0, 0.1) is 29.1 Å². The van der Waals surface area contributed by atoms with Crippen LogP contribution in [0.5, 0.6) is 0 Å². The lowest BCUT2D eigenvalue weighted by Gasteiger charge is -2.25. The maximum absolute atomic E-state index is 15.0. The van der Waals surface area contributed by atoms with Gasteiger partial charge in [-0.3, -0.25) is 19.6 Å². The summed E-state index contributed by atoms with van der Waals surface area (Å²) in [5, 5.41) is 12.6. The molecular weight excluding hydrogens is 583 g/mol. The lowest BCUT2D eigenvalue weighted by molar-refractivity contribution is -0.139. The van der Waals surface area contributed by atoms with Gasteiger partial charge in [-0.15, -0.1) is 0 Å². The summed E-state index contributed by atoms with van der Waals surface area (Å²) in [5.41, 5.74) is -1.46. The Bertz CT molecular complexity index is 1610. The fourth-order valence-corrected chi connectivity index (χ4v) is 4.42. The normalized spacial score (nSPS) is 14.7. The summed E-state index contributed by atoms with van der Waals surface area (Å²) in [5.74, 6) is -17.9. The van der Waals surface area contributed by atoms with Crippen LogP contribution >= 0.6 is 0 Å². The van der Waals surface area contributed by atoms with E-state index >= 15 is 0 Å². The van der Waals surface area contributed by atoms with Gasteiger partial charge >= 0.3 is 12.1 Å². The highest BCUT2D eigenvalue weighted by Crippen LogP contribution is 2.35. The van der Waals surface area contributed by atoms with Crippen molar-refractivity contribution in [3.8, 4) is 0 Å². The summed E-state index contributed by atoms with van der Waals surface area (Å²) in [7, 11) is 0. The number of aromatic nitrogens is 1. The third kappa shape index (κ3) is 6.34. The molecule has 10 nitrogen and oxygen atoms in total. The first-order valence-electron chi connectivity index (χ1n) is 12.5. The third-order valence-corrected chi connectivity index (χ3v) is 6.50. The molecule has 43 heavy (non-hydrogen) atoms. The number of anilines is 1. The van der Waals surface area contributed by atoms with Crippen LogP contribution in [0.2, 0.25) is 0 Å². The number of carboxylic acids is 1. The molecule has 2 atom stereocenters. The maximum Gasteiger partial charge on any atom is 0.416 e. The van der Waals surface area contributed by atoms with Gasteiger partial charge in [0, 0.05) is 35.4 Å². The number of aliphatic carboxylic acids is 1. The molecule has 0 radical (unpaired) electrons. The zero-order chi connectivity index (χ0) is 31.4. The van der Waals surface area contributed by atoms with Crippen LogP contribution < -0.4 is 5.32 Å². The van der Waals surface area contributed by atoms with E-state index in [4.69, 9.17) is 0 Å². The van der Waals surface area contributed by atoms with Gasteiger partial charge in [0.25, 0.3) is 5.91 Å². The number of hydrogen-bond donors (Lipinski definition) is 2. The van der Waals surface area contributed by atoms with Gasteiger partial charge in [0.15, 0.2) is 29.3 Å². The van der Waals surface area contributed by atoms with E-state index in [2.05, 4.69) is 20.0 Å². The number of carbonyl (C=O) groups is 4. The highest BCUT2D eigenvalue weighted by atomic mass is 19.2. The van der Waals surface area contributed by atoms with E-state index < -0.39 is 76.9 Å². The molecule has 4 rings (SSSR count). The van der Waals surface area contributed by atoms with E-state index in [1.165, 1.54) is 43.5 Å². The third-order valence-electron chi connectivity index (χ3n) is 6.50.